The molecule has 1 saturated heterocycles. The fraction of sp³-hybridized carbons (Fsp3) is 0.923. The maximum atomic E-state index is 10.0. The van der Waals surface area contributed by atoms with Crippen molar-refractivity contribution in [3.05, 3.63) is 12.2 Å². The van der Waals surface area contributed by atoms with Gasteiger partial charge in [-0.05, 0) is 25.7 Å². The zero-order chi connectivity index (χ0) is 22.6. The van der Waals surface area contributed by atoms with E-state index in [0.717, 1.165) is 19.3 Å². The molecule has 4 atom stereocenters. The van der Waals surface area contributed by atoms with E-state index in [1.165, 1.54) is 83.5 Å². The molecule has 0 aliphatic carbocycles. The average molecular weight is 443 g/mol. The van der Waals surface area contributed by atoms with E-state index in [4.69, 9.17) is 9.47 Å². The van der Waals surface area contributed by atoms with Gasteiger partial charge in [-0.3, -0.25) is 0 Å². The van der Waals surface area contributed by atoms with Crippen molar-refractivity contribution in [2.45, 2.75) is 134 Å². The molecule has 3 N–H and O–H groups in total. The number of ether oxygens (including phenoxy) is 2. The van der Waals surface area contributed by atoms with Crippen molar-refractivity contribution in [2.75, 3.05) is 19.8 Å². The summed E-state index contributed by atoms with van der Waals surface area (Å²) in [7, 11) is 0. The summed E-state index contributed by atoms with van der Waals surface area (Å²) in [5.41, 5.74) is 0. The summed E-state index contributed by atoms with van der Waals surface area (Å²) in [6, 6.07) is 0. The Labute approximate surface area is 191 Å². The molecule has 5 nitrogen and oxygen atoms in total. The lowest BCUT2D eigenvalue weighted by Crippen LogP contribution is -2.55. The second kappa shape index (κ2) is 20.2. The molecular formula is C26H50O5. The minimum Gasteiger partial charge on any atom is -0.394 e. The van der Waals surface area contributed by atoms with Crippen LogP contribution in [0.1, 0.15) is 110 Å². The molecule has 1 aliphatic rings. The van der Waals surface area contributed by atoms with Crippen LogP contribution in [0.4, 0.5) is 0 Å². The number of allylic oxidation sites excluding steroid dienone is 2. The van der Waals surface area contributed by atoms with Crippen LogP contribution in [0.2, 0.25) is 0 Å². The van der Waals surface area contributed by atoms with Gasteiger partial charge in [-0.1, -0.05) is 96.1 Å². The molecule has 0 aromatic rings. The topological polar surface area (TPSA) is 79.2 Å². The summed E-state index contributed by atoms with van der Waals surface area (Å²) in [4.78, 5) is 0. The molecule has 184 valence electrons. The van der Waals surface area contributed by atoms with Gasteiger partial charge in [-0.15, -0.1) is 0 Å². The Bertz CT molecular complexity index is 413. The van der Waals surface area contributed by atoms with Gasteiger partial charge in [0.15, 0.2) is 0 Å². The van der Waals surface area contributed by atoms with Crippen molar-refractivity contribution in [1.29, 1.82) is 0 Å². The van der Waals surface area contributed by atoms with Crippen LogP contribution in [0.25, 0.3) is 0 Å². The fourth-order valence-electron chi connectivity index (χ4n) is 4.21. The second-order valence-electron chi connectivity index (χ2n) is 9.07. The highest BCUT2D eigenvalue weighted by atomic mass is 16.6. The summed E-state index contributed by atoms with van der Waals surface area (Å²) in [5, 5.41) is 29.0. The van der Waals surface area contributed by atoms with Crippen LogP contribution in [0.15, 0.2) is 12.2 Å². The molecule has 31 heavy (non-hydrogen) atoms. The van der Waals surface area contributed by atoms with E-state index in [9.17, 15) is 15.3 Å². The van der Waals surface area contributed by atoms with E-state index in [1.807, 2.05) is 0 Å². The Morgan fingerprint density at radius 2 is 1.29 bits per heavy atom. The van der Waals surface area contributed by atoms with Gasteiger partial charge in [0.25, 0.3) is 0 Å². The number of aliphatic hydroxyl groups excluding tert-OH is 3. The lowest BCUT2D eigenvalue weighted by atomic mass is 10.0. The Hall–Kier alpha value is -0.460. The lowest BCUT2D eigenvalue weighted by molar-refractivity contribution is -0.211. The minimum absolute atomic E-state index is 0.0451. The molecule has 1 heterocycles. The summed E-state index contributed by atoms with van der Waals surface area (Å²) in [6.07, 6.45) is 22.2. The smallest absolute Gasteiger partial charge is 0.114 e. The Kier molecular flexibility index (Phi) is 18.6. The van der Waals surface area contributed by atoms with Gasteiger partial charge < -0.3 is 24.8 Å². The Balaban J connectivity index is 1.81. The van der Waals surface area contributed by atoms with E-state index in [-0.39, 0.29) is 13.2 Å². The number of aliphatic hydroxyl groups is 3. The zero-order valence-corrected chi connectivity index (χ0v) is 20.1. The number of hydrogen-bond acceptors (Lipinski definition) is 5. The molecule has 1 aliphatic heterocycles. The minimum atomic E-state index is -0.987. The first kappa shape index (κ1) is 28.6. The predicted octanol–water partition coefficient (Wildman–Crippen LogP) is 5.30. The first-order valence-corrected chi connectivity index (χ1v) is 13.1. The van der Waals surface area contributed by atoms with Crippen LogP contribution in [0.5, 0.6) is 0 Å². The third kappa shape index (κ3) is 14.3. The average Bonchev–Trinajstić information content (AvgIpc) is 2.78. The molecule has 0 amide bonds. The van der Waals surface area contributed by atoms with Gasteiger partial charge >= 0.3 is 0 Å². The third-order valence-corrected chi connectivity index (χ3v) is 6.24. The molecule has 0 aromatic heterocycles. The molecule has 0 aromatic carbocycles. The maximum Gasteiger partial charge on any atom is 0.114 e. The molecule has 1 fully saturated rings. The largest absolute Gasteiger partial charge is 0.394 e. The summed E-state index contributed by atoms with van der Waals surface area (Å²) < 4.78 is 11.0. The molecule has 0 unspecified atom stereocenters. The van der Waals surface area contributed by atoms with Crippen molar-refractivity contribution in [1.82, 2.24) is 0 Å². The van der Waals surface area contributed by atoms with Crippen molar-refractivity contribution >= 4 is 0 Å². The Morgan fingerprint density at radius 1 is 0.774 bits per heavy atom. The number of unbranched alkanes of at least 4 members (excludes halogenated alkanes) is 14. The Morgan fingerprint density at radius 3 is 1.81 bits per heavy atom. The zero-order valence-electron chi connectivity index (χ0n) is 20.1. The quantitative estimate of drug-likeness (QED) is 0.176. The summed E-state index contributed by atoms with van der Waals surface area (Å²) in [6.45, 7) is 2.57. The number of hydrogen-bond donors (Lipinski definition) is 3. The standard InChI is InChI=1S/C26H50O5/c1-2-3-4-5-6-7-8-9-10-11-12-13-14-15-16-17-18-19-20-30-26-24(21-27)31-22-23(28)25(26)29/h3-4,23-29H,2,5-22H2,1H3/b4-3+/t23-,24+,25+,26+/m0/s1. The van der Waals surface area contributed by atoms with Crippen LogP contribution >= 0.6 is 0 Å². The van der Waals surface area contributed by atoms with Gasteiger partial charge in [-0.2, -0.15) is 0 Å². The van der Waals surface area contributed by atoms with Crippen LogP contribution in [0.3, 0.4) is 0 Å². The van der Waals surface area contributed by atoms with E-state index in [2.05, 4.69) is 19.1 Å². The van der Waals surface area contributed by atoms with Gasteiger partial charge in [-0.25, -0.2) is 0 Å². The molecule has 1 rings (SSSR count). The summed E-state index contributed by atoms with van der Waals surface area (Å²) in [5.74, 6) is 0. The molecule has 0 bridgehead atoms. The molecular weight excluding hydrogens is 392 g/mol. The highest BCUT2D eigenvalue weighted by Crippen LogP contribution is 2.19. The van der Waals surface area contributed by atoms with E-state index < -0.39 is 24.4 Å². The second-order valence-corrected chi connectivity index (χ2v) is 9.07. The van der Waals surface area contributed by atoms with Gasteiger partial charge in [0.1, 0.15) is 24.4 Å². The molecule has 0 radical (unpaired) electrons. The van der Waals surface area contributed by atoms with Crippen LogP contribution < -0.4 is 0 Å². The van der Waals surface area contributed by atoms with Crippen molar-refractivity contribution in [3.8, 4) is 0 Å². The summed E-state index contributed by atoms with van der Waals surface area (Å²) >= 11 is 0. The highest BCUT2D eigenvalue weighted by molar-refractivity contribution is 4.87. The predicted molar refractivity (Wildman–Crippen MR) is 127 cm³/mol. The third-order valence-electron chi connectivity index (χ3n) is 6.24. The highest BCUT2D eigenvalue weighted by Gasteiger charge is 2.39. The normalized spacial score (nSPS) is 24.3. The lowest BCUT2D eigenvalue weighted by Gasteiger charge is -2.37. The molecule has 0 spiro atoms. The van der Waals surface area contributed by atoms with Gasteiger partial charge in [0.05, 0.1) is 13.2 Å². The fourth-order valence-corrected chi connectivity index (χ4v) is 4.21. The van der Waals surface area contributed by atoms with Crippen molar-refractivity contribution < 1.29 is 24.8 Å². The SMILES string of the molecule is CC/C=C/CCCCCCCCCCCCCCCCO[C@H]1[C@H](O)[C@@H](O)CO[C@@H]1CO. The van der Waals surface area contributed by atoms with Crippen LogP contribution in [-0.4, -0.2) is 59.6 Å². The molecule has 5 heteroatoms. The maximum absolute atomic E-state index is 10.0. The van der Waals surface area contributed by atoms with E-state index in [1.54, 1.807) is 0 Å². The van der Waals surface area contributed by atoms with Gasteiger partial charge in [0.2, 0.25) is 0 Å². The molecule has 0 saturated carbocycles. The van der Waals surface area contributed by atoms with Gasteiger partial charge in [0, 0.05) is 6.61 Å². The van der Waals surface area contributed by atoms with Crippen molar-refractivity contribution in [3.63, 3.8) is 0 Å². The van der Waals surface area contributed by atoms with Crippen molar-refractivity contribution in [2.24, 2.45) is 0 Å². The van der Waals surface area contributed by atoms with Crippen LogP contribution in [0, 0.1) is 0 Å². The van der Waals surface area contributed by atoms with E-state index >= 15 is 0 Å². The first-order valence-electron chi connectivity index (χ1n) is 13.1. The first-order chi connectivity index (χ1) is 15.2. The van der Waals surface area contributed by atoms with E-state index in [0.29, 0.717) is 6.61 Å². The number of rotatable bonds is 20. The van der Waals surface area contributed by atoms with Crippen LogP contribution in [-0.2, 0) is 9.47 Å². The monoisotopic (exact) mass is 442 g/mol.